The van der Waals surface area contributed by atoms with Crippen LogP contribution in [0, 0.1) is 11.8 Å². The number of nitrogens with one attached hydrogen (secondary N) is 1. The topological polar surface area (TPSA) is 51.2 Å². The van der Waals surface area contributed by atoms with Crippen molar-refractivity contribution in [3.8, 4) is 0 Å². The molecule has 19 heavy (non-hydrogen) atoms. The maximum Gasteiger partial charge on any atom is 0.311 e. The number of esters is 1. The Morgan fingerprint density at radius 2 is 2.32 bits per heavy atom. The van der Waals surface area contributed by atoms with Gasteiger partial charge >= 0.3 is 5.97 Å². The molecule has 1 N–H and O–H groups in total. The molecule has 5 heteroatoms. The molecule has 4 nitrogen and oxygen atoms in total. The summed E-state index contributed by atoms with van der Waals surface area (Å²) >= 11 is 1.57. The smallest absolute Gasteiger partial charge is 0.311 e. The molecule has 1 aromatic heterocycles. The van der Waals surface area contributed by atoms with E-state index in [1.54, 1.807) is 11.3 Å². The van der Waals surface area contributed by atoms with Crippen molar-refractivity contribution < 1.29 is 9.53 Å². The molecule has 0 saturated heterocycles. The van der Waals surface area contributed by atoms with E-state index in [2.05, 4.69) is 24.1 Å². The molecule has 0 aromatic carbocycles. The highest BCUT2D eigenvalue weighted by atomic mass is 32.1. The number of nitrogens with zero attached hydrogens (tertiary/aromatic N) is 1. The summed E-state index contributed by atoms with van der Waals surface area (Å²) in [5.74, 6) is 1.25. The van der Waals surface area contributed by atoms with Crippen molar-refractivity contribution in [3.05, 3.63) is 11.1 Å². The molecule has 1 aliphatic rings. The molecule has 1 fully saturated rings. The SMILES string of the molecule is CCOC(=O)Cc1csc(NC2CCC(C)C2C)n1. The minimum Gasteiger partial charge on any atom is -0.466 e. The van der Waals surface area contributed by atoms with E-state index in [0.29, 0.717) is 18.6 Å². The van der Waals surface area contributed by atoms with Gasteiger partial charge in [0, 0.05) is 11.4 Å². The first-order chi connectivity index (χ1) is 9.10. The van der Waals surface area contributed by atoms with E-state index in [0.717, 1.165) is 16.7 Å². The van der Waals surface area contributed by atoms with E-state index in [1.807, 2.05) is 12.3 Å². The Kier molecular flexibility index (Phi) is 4.80. The van der Waals surface area contributed by atoms with Crippen LogP contribution < -0.4 is 5.32 Å². The normalized spacial score (nSPS) is 26.4. The molecule has 1 heterocycles. The summed E-state index contributed by atoms with van der Waals surface area (Å²) in [4.78, 5) is 15.8. The van der Waals surface area contributed by atoms with Gasteiger partial charge in [0.15, 0.2) is 5.13 Å². The molecule has 1 aliphatic carbocycles. The predicted molar refractivity (Wildman–Crippen MR) is 77.4 cm³/mol. The summed E-state index contributed by atoms with van der Waals surface area (Å²) in [5, 5.41) is 6.36. The van der Waals surface area contributed by atoms with Crippen LogP contribution in [0.15, 0.2) is 5.38 Å². The second-order valence-corrected chi connectivity index (χ2v) is 6.15. The average Bonchev–Trinajstić information content (AvgIpc) is 2.92. The zero-order valence-corrected chi connectivity index (χ0v) is 12.6. The molecule has 106 valence electrons. The molecule has 1 aromatic rings. The third-order valence-corrected chi connectivity index (χ3v) is 4.78. The van der Waals surface area contributed by atoms with E-state index >= 15 is 0 Å². The fourth-order valence-electron chi connectivity index (χ4n) is 2.54. The number of hydrogen-bond acceptors (Lipinski definition) is 5. The standard InChI is InChI=1S/C14H22N2O2S/c1-4-18-13(17)7-11-8-19-14(15-11)16-12-6-5-9(2)10(12)3/h8-10,12H,4-7H2,1-3H3,(H,15,16). The maximum atomic E-state index is 11.4. The summed E-state index contributed by atoms with van der Waals surface area (Å²) in [6.45, 7) is 6.84. The van der Waals surface area contributed by atoms with Crippen molar-refractivity contribution in [2.75, 3.05) is 11.9 Å². The maximum absolute atomic E-state index is 11.4. The van der Waals surface area contributed by atoms with E-state index in [4.69, 9.17) is 4.74 Å². The minimum atomic E-state index is -0.206. The van der Waals surface area contributed by atoms with Crippen LogP contribution in [0.4, 0.5) is 5.13 Å². The molecular weight excluding hydrogens is 260 g/mol. The predicted octanol–water partition coefficient (Wildman–Crippen LogP) is 3.10. The molecule has 0 aliphatic heterocycles. The number of rotatable bonds is 5. The lowest BCUT2D eigenvalue weighted by Gasteiger charge is -2.18. The van der Waals surface area contributed by atoms with E-state index < -0.39 is 0 Å². The quantitative estimate of drug-likeness (QED) is 0.843. The number of carbonyl (C=O) groups is 1. The number of ether oxygens (including phenoxy) is 1. The second-order valence-electron chi connectivity index (χ2n) is 5.29. The van der Waals surface area contributed by atoms with Crippen LogP contribution in [0.3, 0.4) is 0 Å². The third kappa shape index (κ3) is 3.69. The first-order valence-electron chi connectivity index (χ1n) is 6.96. The average molecular weight is 282 g/mol. The molecule has 1 saturated carbocycles. The van der Waals surface area contributed by atoms with Gasteiger partial charge in [-0.25, -0.2) is 4.98 Å². The summed E-state index contributed by atoms with van der Waals surface area (Å²) in [6, 6.07) is 0.511. The van der Waals surface area contributed by atoms with Crippen LogP contribution in [0.2, 0.25) is 0 Å². The van der Waals surface area contributed by atoms with Crippen molar-refractivity contribution in [1.82, 2.24) is 4.98 Å². The van der Waals surface area contributed by atoms with Crippen LogP contribution in [0.1, 0.15) is 39.3 Å². The van der Waals surface area contributed by atoms with Gasteiger partial charge in [0.2, 0.25) is 0 Å². The van der Waals surface area contributed by atoms with Gasteiger partial charge in [-0.3, -0.25) is 4.79 Å². The van der Waals surface area contributed by atoms with E-state index in [-0.39, 0.29) is 12.4 Å². The molecule has 3 unspecified atom stereocenters. The zero-order valence-electron chi connectivity index (χ0n) is 11.8. The largest absolute Gasteiger partial charge is 0.466 e. The van der Waals surface area contributed by atoms with Gasteiger partial charge in [-0.15, -0.1) is 11.3 Å². The molecule has 0 amide bonds. The summed E-state index contributed by atoms with van der Waals surface area (Å²) in [5.41, 5.74) is 0.796. The Morgan fingerprint density at radius 3 is 2.95 bits per heavy atom. The van der Waals surface area contributed by atoms with Crippen LogP contribution in [-0.4, -0.2) is 23.6 Å². The highest BCUT2D eigenvalue weighted by molar-refractivity contribution is 7.13. The summed E-state index contributed by atoms with van der Waals surface area (Å²) < 4.78 is 4.92. The first kappa shape index (κ1) is 14.3. The summed E-state index contributed by atoms with van der Waals surface area (Å²) in [6.07, 6.45) is 2.75. The van der Waals surface area contributed by atoms with Crippen LogP contribution in [0.25, 0.3) is 0 Å². The van der Waals surface area contributed by atoms with Crippen LogP contribution in [0.5, 0.6) is 0 Å². The number of carbonyl (C=O) groups excluding carboxylic acids is 1. The van der Waals surface area contributed by atoms with Crippen molar-refractivity contribution in [3.63, 3.8) is 0 Å². The molecular formula is C14H22N2O2S. The number of anilines is 1. The lowest BCUT2D eigenvalue weighted by Crippen LogP contribution is -2.23. The van der Waals surface area contributed by atoms with Gasteiger partial charge in [-0.2, -0.15) is 0 Å². The molecule has 2 rings (SSSR count). The van der Waals surface area contributed by atoms with Gasteiger partial charge < -0.3 is 10.1 Å². The highest BCUT2D eigenvalue weighted by Crippen LogP contribution is 2.33. The highest BCUT2D eigenvalue weighted by Gasteiger charge is 2.30. The Balaban J connectivity index is 1.89. The first-order valence-corrected chi connectivity index (χ1v) is 7.84. The van der Waals surface area contributed by atoms with Crippen LogP contribution >= 0.6 is 11.3 Å². The lowest BCUT2D eigenvalue weighted by molar-refractivity contribution is -0.142. The van der Waals surface area contributed by atoms with Gasteiger partial charge in [-0.1, -0.05) is 13.8 Å². The fraction of sp³-hybridized carbons (Fsp3) is 0.714. The molecule has 0 bridgehead atoms. The monoisotopic (exact) mass is 282 g/mol. The van der Waals surface area contributed by atoms with E-state index in [9.17, 15) is 4.79 Å². The molecule has 3 atom stereocenters. The van der Waals surface area contributed by atoms with E-state index in [1.165, 1.54) is 12.8 Å². The Hall–Kier alpha value is -1.10. The zero-order chi connectivity index (χ0) is 13.8. The number of hydrogen-bond donors (Lipinski definition) is 1. The summed E-state index contributed by atoms with van der Waals surface area (Å²) in [7, 11) is 0. The Morgan fingerprint density at radius 1 is 1.53 bits per heavy atom. The van der Waals surface area contributed by atoms with Crippen molar-refractivity contribution in [2.45, 2.75) is 46.1 Å². The van der Waals surface area contributed by atoms with Gasteiger partial charge in [-0.05, 0) is 31.6 Å². The minimum absolute atomic E-state index is 0.206. The number of aromatic nitrogens is 1. The van der Waals surface area contributed by atoms with Crippen molar-refractivity contribution in [2.24, 2.45) is 11.8 Å². The van der Waals surface area contributed by atoms with Gasteiger partial charge in [0.1, 0.15) is 0 Å². The number of thiazole rings is 1. The van der Waals surface area contributed by atoms with Gasteiger partial charge in [0.05, 0.1) is 18.7 Å². The van der Waals surface area contributed by atoms with Crippen LogP contribution in [-0.2, 0) is 16.0 Å². The molecule has 0 spiro atoms. The van der Waals surface area contributed by atoms with Crippen molar-refractivity contribution in [1.29, 1.82) is 0 Å². The fourth-order valence-corrected chi connectivity index (χ4v) is 3.31. The Bertz CT molecular complexity index is 433. The van der Waals surface area contributed by atoms with Gasteiger partial charge in [0.25, 0.3) is 0 Å². The molecule has 0 radical (unpaired) electrons. The van der Waals surface area contributed by atoms with Crippen molar-refractivity contribution >= 4 is 22.4 Å². The lowest BCUT2D eigenvalue weighted by atomic mass is 9.98. The second kappa shape index (κ2) is 6.37. The third-order valence-electron chi connectivity index (χ3n) is 3.96. The Labute approximate surface area is 118 Å².